The van der Waals surface area contributed by atoms with Gasteiger partial charge in [0.1, 0.15) is 22.9 Å². The summed E-state index contributed by atoms with van der Waals surface area (Å²) in [6.45, 7) is 0. The standard InChI is InChI=1S/C22H18ClN5O3/c1-24-21(29)19-11-16(7-8-25-19)31-15-4-5-18-13(9-15)12-26-22(28-18)27-14-3-6-20(30-2)17(23)10-14/h3-12H,1-2H3,(H,24,29)(H,26,27,28). The Kier molecular flexibility index (Phi) is 5.81. The van der Waals surface area contributed by atoms with Crippen molar-refractivity contribution in [3.63, 3.8) is 0 Å². The van der Waals surface area contributed by atoms with Crippen molar-refractivity contribution in [3.8, 4) is 17.2 Å². The molecule has 0 atom stereocenters. The second-order valence-electron chi connectivity index (χ2n) is 6.45. The molecule has 0 saturated heterocycles. The molecular formula is C22H18ClN5O3. The molecule has 0 bridgehead atoms. The molecule has 2 N–H and O–H groups in total. The van der Waals surface area contributed by atoms with Gasteiger partial charge in [-0.3, -0.25) is 9.78 Å². The number of halogens is 1. The van der Waals surface area contributed by atoms with Crippen LogP contribution in [0, 0.1) is 0 Å². The minimum Gasteiger partial charge on any atom is -0.495 e. The van der Waals surface area contributed by atoms with Crippen molar-refractivity contribution < 1.29 is 14.3 Å². The maximum absolute atomic E-state index is 11.7. The van der Waals surface area contributed by atoms with Gasteiger partial charge in [-0.25, -0.2) is 9.97 Å². The predicted molar refractivity (Wildman–Crippen MR) is 119 cm³/mol. The van der Waals surface area contributed by atoms with Crippen LogP contribution < -0.4 is 20.1 Å². The maximum atomic E-state index is 11.7. The molecule has 31 heavy (non-hydrogen) atoms. The molecular weight excluding hydrogens is 418 g/mol. The van der Waals surface area contributed by atoms with Crippen LogP contribution in [-0.4, -0.2) is 35.0 Å². The van der Waals surface area contributed by atoms with Gasteiger partial charge in [-0.05, 0) is 42.5 Å². The first-order valence-corrected chi connectivity index (χ1v) is 9.67. The Bertz CT molecular complexity index is 1270. The molecule has 4 rings (SSSR count). The number of aromatic nitrogens is 3. The normalized spacial score (nSPS) is 10.5. The second kappa shape index (κ2) is 8.85. The summed E-state index contributed by atoms with van der Waals surface area (Å²) in [5.41, 5.74) is 1.76. The van der Waals surface area contributed by atoms with Gasteiger partial charge in [0.25, 0.3) is 5.91 Å². The summed E-state index contributed by atoms with van der Waals surface area (Å²) in [5, 5.41) is 6.96. The Balaban J connectivity index is 1.53. The molecule has 1 amide bonds. The number of methoxy groups -OCH3 is 1. The first-order chi connectivity index (χ1) is 15.1. The van der Waals surface area contributed by atoms with Crippen LogP contribution in [-0.2, 0) is 0 Å². The van der Waals surface area contributed by atoms with E-state index in [-0.39, 0.29) is 11.6 Å². The number of hydrogen-bond acceptors (Lipinski definition) is 7. The number of carbonyl (C=O) groups is 1. The Morgan fingerprint density at radius 1 is 1.03 bits per heavy atom. The third-order valence-corrected chi connectivity index (χ3v) is 4.68. The van der Waals surface area contributed by atoms with Crippen molar-refractivity contribution in [2.24, 2.45) is 0 Å². The number of ether oxygens (including phenoxy) is 2. The van der Waals surface area contributed by atoms with Crippen molar-refractivity contribution >= 4 is 40.0 Å². The van der Waals surface area contributed by atoms with Crippen LogP contribution in [0.5, 0.6) is 17.2 Å². The van der Waals surface area contributed by atoms with Crippen LogP contribution in [0.3, 0.4) is 0 Å². The fourth-order valence-corrected chi connectivity index (χ4v) is 3.13. The summed E-state index contributed by atoms with van der Waals surface area (Å²) in [4.78, 5) is 24.6. The summed E-state index contributed by atoms with van der Waals surface area (Å²) in [6, 6.07) is 14.0. The Hall–Kier alpha value is -3.91. The lowest BCUT2D eigenvalue weighted by molar-refractivity contribution is 0.0958. The van der Waals surface area contributed by atoms with E-state index in [1.807, 2.05) is 18.2 Å². The lowest BCUT2D eigenvalue weighted by Crippen LogP contribution is -2.18. The van der Waals surface area contributed by atoms with E-state index in [9.17, 15) is 4.79 Å². The number of pyridine rings is 1. The van der Waals surface area contributed by atoms with Crippen LogP contribution in [0.1, 0.15) is 10.5 Å². The fraction of sp³-hybridized carbons (Fsp3) is 0.0909. The lowest BCUT2D eigenvalue weighted by atomic mass is 10.2. The van der Waals surface area contributed by atoms with Gasteiger partial charge in [0.05, 0.1) is 17.6 Å². The molecule has 4 aromatic rings. The van der Waals surface area contributed by atoms with Gasteiger partial charge >= 0.3 is 0 Å². The minimum atomic E-state index is -0.282. The Labute approximate surface area is 183 Å². The molecule has 0 spiro atoms. The van der Waals surface area contributed by atoms with Crippen molar-refractivity contribution in [2.75, 3.05) is 19.5 Å². The molecule has 0 radical (unpaired) electrons. The van der Waals surface area contributed by atoms with Crippen LogP contribution in [0.4, 0.5) is 11.6 Å². The van der Waals surface area contributed by atoms with Gasteiger partial charge in [-0.2, -0.15) is 0 Å². The van der Waals surface area contributed by atoms with E-state index >= 15 is 0 Å². The molecule has 0 aliphatic carbocycles. The number of nitrogens with one attached hydrogen (secondary N) is 2. The largest absolute Gasteiger partial charge is 0.495 e. The topological polar surface area (TPSA) is 98.3 Å². The average molecular weight is 436 g/mol. The number of hydrogen-bond donors (Lipinski definition) is 2. The summed E-state index contributed by atoms with van der Waals surface area (Å²) in [6.07, 6.45) is 3.22. The van der Waals surface area contributed by atoms with Gasteiger partial charge in [0.15, 0.2) is 0 Å². The Morgan fingerprint density at radius 3 is 2.65 bits per heavy atom. The van der Waals surface area contributed by atoms with Gasteiger partial charge in [0.2, 0.25) is 5.95 Å². The highest BCUT2D eigenvalue weighted by atomic mass is 35.5. The van der Waals surface area contributed by atoms with Crippen molar-refractivity contribution in [2.45, 2.75) is 0 Å². The molecule has 2 heterocycles. The van der Waals surface area contributed by atoms with Crippen molar-refractivity contribution in [1.82, 2.24) is 20.3 Å². The molecule has 9 heteroatoms. The molecule has 0 aliphatic rings. The number of carbonyl (C=O) groups excluding carboxylic acids is 1. The fourth-order valence-electron chi connectivity index (χ4n) is 2.87. The molecule has 156 valence electrons. The number of benzene rings is 2. The molecule has 0 unspecified atom stereocenters. The Morgan fingerprint density at radius 2 is 1.87 bits per heavy atom. The molecule has 2 aromatic heterocycles. The SMILES string of the molecule is CNC(=O)c1cc(Oc2ccc3nc(Nc4ccc(OC)c(Cl)c4)ncc3c2)ccn1. The highest BCUT2D eigenvalue weighted by molar-refractivity contribution is 6.32. The monoisotopic (exact) mass is 435 g/mol. The third kappa shape index (κ3) is 4.65. The molecule has 8 nitrogen and oxygen atoms in total. The van der Waals surface area contributed by atoms with E-state index in [2.05, 4.69) is 25.6 Å². The zero-order valence-electron chi connectivity index (χ0n) is 16.7. The highest BCUT2D eigenvalue weighted by Gasteiger charge is 2.08. The van der Waals surface area contributed by atoms with Crippen LogP contribution in [0.2, 0.25) is 5.02 Å². The number of nitrogens with zero attached hydrogens (tertiary/aromatic N) is 3. The smallest absolute Gasteiger partial charge is 0.269 e. The van der Waals surface area contributed by atoms with Gasteiger partial charge in [-0.1, -0.05) is 11.6 Å². The predicted octanol–water partition coefficient (Wildman–Crippen LogP) is 4.58. The number of fused-ring (bicyclic) bond motifs is 1. The van der Waals surface area contributed by atoms with E-state index in [4.69, 9.17) is 21.1 Å². The minimum absolute atomic E-state index is 0.276. The maximum Gasteiger partial charge on any atom is 0.269 e. The highest BCUT2D eigenvalue weighted by Crippen LogP contribution is 2.29. The van der Waals surface area contributed by atoms with Crippen LogP contribution in [0.15, 0.2) is 60.9 Å². The first-order valence-electron chi connectivity index (χ1n) is 9.29. The molecule has 0 saturated carbocycles. The summed E-state index contributed by atoms with van der Waals surface area (Å²) in [7, 11) is 3.11. The second-order valence-corrected chi connectivity index (χ2v) is 6.85. The van der Waals surface area contributed by atoms with E-state index in [1.165, 1.54) is 6.20 Å². The van der Waals surface area contributed by atoms with Crippen molar-refractivity contribution in [1.29, 1.82) is 0 Å². The lowest BCUT2D eigenvalue weighted by Gasteiger charge is -2.10. The number of amides is 1. The van der Waals surface area contributed by atoms with Gasteiger partial charge < -0.3 is 20.1 Å². The van der Waals surface area contributed by atoms with Crippen LogP contribution in [0.25, 0.3) is 10.9 Å². The average Bonchev–Trinajstić information content (AvgIpc) is 2.79. The zero-order valence-corrected chi connectivity index (χ0v) is 17.5. The molecule has 0 fully saturated rings. The quantitative estimate of drug-likeness (QED) is 0.457. The zero-order chi connectivity index (χ0) is 21.8. The molecule has 0 aliphatic heterocycles. The third-order valence-electron chi connectivity index (χ3n) is 4.39. The van der Waals surface area contributed by atoms with Gasteiger partial charge in [0, 0.05) is 36.6 Å². The number of rotatable bonds is 6. The van der Waals surface area contributed by atoms with Crippen LogP contribution >= 0.6 is 11.6 Å². The van der Waals surface area contributed by atoms with E-state index < -0.39 is 0 Å². The van der Waals surface area contributed by atoms with Crippen molar-refractivity contribution in [3.05, 3.63) is 71.6 Å². The first kappa shape index (κ1) is 20.4. The van der Waals surface area contributed by atoms with E-state index in [0.717, 1.165) is 16.6 Å². The summed E-state index contributed by atoms with van der Waals surface area (Å²) >= 11 is 6.16. The van der Waals surface area contributed by atoms with E-state index in [0.29, 0.717) is 28.2 Å². The summed E-state index contributed by atoms with van der Waals surface area (Å²) in [5.74, 6) is 1.84. The summed E-state index contributed by atoms with van der Waals surface area (Å²) < 4.78 is 11.0. The number of anilines is 2. The van der Waals surface area contributed by atoms with Gasteiger partial charge in [-0.15, -0.1) is 0 Å². The molecule has 2 aromatic carbocycles. The van der Waals surface area contributed by atoms with E-state index in [1.54, 1.807) is 50.7 Å².